The van der Waals surface area contributed by atoms with E-state index in [4.69, 9.17) is 0 Å². The van der Waals surface area contributed by atoms with Crippen molar-refractivity contribution in [3.05, 3.63) is 41.5 Å². The van der Waals surface area contributed by atoms with Gasteiger partial charge in [0.05, 0.1) is 0 Å². The molecule has 2 rings (SSSR count). The number of rotatable bonds is 8. The van der Waals surface area contributed by atoms with E-state index in [1.54, 1.807) is 6.07 Å². The van der Waals surface area contributed by atoms with Gasteiger partial charge in [0.25, 0.3) is 0 Å². The summed E-state index contributed by atoms with van der Waals surface area (Å²) in [7, 11) is 0. The molecule has 0 atom stereocenters. The quantitative estimate of drug-likeness (QED) is 0.446. The van der Waals surface area contributed by atoms with Crippen LogP contribution in [0.5, 0.6) is 0 Å². The topological polar surface area (TPSA) is 0 Å². The first-order valence-electron chi connectivity index (χ1n) is 9.30. The number of hydrogen-bond donors (Lipinski definition) is 0. The van der Waals surface area contributed by atoms with Crippen molar-refractivity contribution in [1.82, 2.24) is 0 Å². The lowest BCUT2D eigenvalue weighted by atomic mass is 9.78. The van der Waals surface area contributed by atoms with Crippen molar-refractivity contribution >= 4 is 6.08 Å². The summed E-state index contributed by atoms with van der Waals surface area (Å²) in [4.78, 5) is 0. The summed E-state index contributed by atoms with van der Waals surface area (Å²) >= 11 is 0. The van der Waals surface area contributed by atoms with Gasteiger partial charge in [0.2, 0.25) is 0 Å². The third kappa shape index (κ3) is 6.45. The zero-order valence-electron chi connectivity index (χ0n) is 14.4. The maximum atomic E-state index is 13.1. The van der Waals surface area contributed by atoms with Crippen LogP contribution in [0, 0.1) is 23.5 Å². The van der Waals surface area contributed by atoms with Crippen LogP contribution in [0.15, 0.2) is 24.3 Å². The van der Waals surface area contributed by atoms with Gasteiger partial charge in [-0.05, 0) is 42.4 Å². The van der Waals surface area contributed by atoms with E-state index in [1.807, 2.05) is 6.08 Å². The minimum atomic E-state index is -0.780. The number of unbranched alkanes of at least 4 members (excludes halogenated alkanes) is 2. The molecule has 1 saturated carbocycles. The molecule has 1 fully saturated rings. The van der Waals surface area contributed by atoms with Crippen LogP contribution in [0.3, 0.4) is 0 Å². The fourth-order valence-corrected chi connectivity index (χ4v) is 3.66. The number of hydrogen-bond acceptors (Lipinski definition) is 0. The fourth-order valence-electron chi connectivity index (χ4n) is 3.66. The van der Waals surface area contributed by atoms with E-state index in [9.17, 15) is 8.78 Å². The Labute approximate surface area is 140 Å². The second-order valence-electron chi connectivity index (χ2n) is 7.04. The van der Waals surface area contributed by atoms with E-state index < -0.39 is 11.6 Å². The van der Waals surface area contributed by atoms with Crippen molar-refractivity contribution in [2.45, 2.75) is 71.1 Å². The molecule has 0 heterocycles. The standard InChI is InChI=1S/C21H30F2/c1-2-3-4-7-17-10-12-18(13-11-17)8-5-6-9-19-14-15-20(22)21(23)16-19/h6,9,14-18H,2-5,7-8,10-13H2,1H3. The zero-order valence-corrected chi connectivity index (χ0v) is 14.4. The summed E-state index contributed by atoms with van der Waals surface area (Å²) in [6.07, 6.45) is 17.3. The van der Waals surface area contributed by atoms with Crippen molar-refractivity contribution in [3.63, 3.8) is 0 Å². The first-order chi connectivity index (χ1) is 11.2. The summed E-state index contributed by atoms with van der Waals surface area (Å²) in [5, 5.41) is 0. The monoisotopic (exact) mass is 320 g/mol. The lowest BCUT2D eigenvalue weighted by molar-refractivity contribution is 0.250. The largest absolute Gasteiger partial charge is 0.204 e. The van der Waals surface area contributed by atoms with Gasteiger partial charge in [-0.1, -0.05) is 76.5 Å². The summed E-state index contributed by atoms with van der Waals surface area (Å²) in [6.45, 7) is 2.27. The number of allylic oxidation sites excluding steroid dienone is 1. The summed E-state index contributed by atoms with van der Waals surface area (Å²) in [5.74, 6) is 0.272. The molecule has 1 aliphatic carbocycles. The highest BCUT2D eigenvalue weighted by molar-refractivity contribution is 5.48. The SMILES string of the molecule is CCCCCC1CCC(CCC=Cc2ccc(F)c(F)c2)CC1. The highest BCUT2D eigenvalue weighted by Crippen LogP contribution is 2.34. The lowest BCUT2D eigenvalue weighted by Gasteiger charge is -2.28. The van der Waals surface area contributed by atoms with E-state index in [2.05, 4.69) is 13.0 Å². The van der Waals surface area contributed by atoms with Gasteiger partial charge in [-0.3, -0.25) is 0 Å². The highest BCUT2D eigenvalue weighted by Gasteiger charge is 2.20. The van der Waals surface area contributed by atoms with Gasteiger partial charge >= 0.3 is 0 Å². The molecule has 0 amide bonds. The summed E-state index contributed by atoms with van der Waals surface area (Å²) in [5.41, 5.74) is 0.739. The summed E-state index contributed by atoms with van der Waals surface area (Å²) in [6, 6.07) is 4.07. The van der Waals surface area contributed by atoms with Crippen LogP contribution in [0.4, 0.5) is 8.78 Å². The van der Waals surface area contributed by atoms with E-state index in [-0.39, 0.29) is 0 Å². The Kier molecular flexibility index (Phi) is 7.78. The highest BCUT2D eigenvalue weighted by atomic mass is 19.2. The van der Waals surface area contributed by atoms with Crippen molar-refractivity contribution in [1.29, 1.82) is 0 Å². The van der Waals surface area contributed by atoms with Gasteiger partial charge in [0.1, 0.15) is 0 Å². The van der Waals surface area contributed by atoms with Crippen LogP contribution in [-0.2, 0) is 0 Å². The van der Waals surface area contributed by atoms with Crippen LogP contribution in [0.25, 0.3) is 6.08 Å². The predicted octanol–water partition coefficient (Wildman–Crippen LogP) is 7.14. The molecule has 0 nitrogen and oxygen atoms in total. The van der Waals surface area contributed by atoms with Crippen LogP contribution in [-0.4, -0.2) is 0 Å². The van der Waals surface area contributed by atoms with Crippen LogP contribution < -0.4 is 0 Å². The van der Waals surface area contributed by atoms with Crippen LogP contribution >= 0.6 is 0 Å². The van der Waals surface area contributed by atoms with E-state index in [1.165, 1.54) is 69.9 Å². The Morgan fingerprint density at radius 2 is 1.65 bits per heavy atom. The molecule has 0 spiro atoms. The fraction of sp³-hybridized carbons (Fsp3) is 0.619. The normalized spacial score (nSPS) is 21.9. The molecule has 0 bridgehead atoms. The molecule has 2 heteroatoms. The summed E-state index contributed by atoms with van der Waals surface area (Å²) < 4.78 is 26.0. The third-order valence-electron chi connectivity index (χ3n) is 5.18. The van der Waals surface area contributed by atoms with Crippen LogP contribution in [0.1, 0.15) is 76.7 Å². The van der Waals surface area contributed by atoms with E-state index >= 15 is 0 Å². The Bertz CT molecular complexity index is 485. The predicted molar refractivity (Wildman–Crippen MR) is 94.2 cm³/mol. The maximum Gasteiger partial charge on any atom is 0.159 e. The molecule has 128 valence electrons. The molecule has 1 aromatic rings. The third-order valence-corrected chi connectivity index (χ3v) is 5.18. The molecular weight excluding hydrogens is 290 g/mol. The Morgan fingerprint density at radius 3 is 2.30 bits per heavy atom. The molecule has 0 unspecified atom stereocenters. The van der Waals surface area contributed by atoms with Crippen molar-refractivity contribution < 1.29 is 8.78 Å². The van der Waals surface area contributed by atoms with Crippen molar-refractivity contribution in [2.75, 3.05) is 0 Å². The number of halogens is 2. The second kappa shape index (κ2) is 9.85. The Morgan fingerprint density at radius 1 is 0.957 bits per heavy atom. The van der Waals surface area contributed by atoms with Gasteiger partial charge < -0.3 is 0 Å². The molecule has 1 aromatic carbocycles. The molecule has 0 saturated heterocycles. The lowest BCUT2D eigenvalue weighted by Crippen LogP contribution is -2.14. The smallest absolute Gasteiger partial charge is 0.159 e. The molecule has 0 aliphatic heterocycles. The Hall–Kier alpha value is -1.18. The van der Waals surface area contributed by atoms with Gasteiger partial charge in [-0.15, -0.1) is 0 Å². The van der Waals surface area contributed by atoms with E-state index in [0.29, 0.717) is 0 Å². The van der Waals surface area contributed by atoms with Gasteiger partial charge in [0, 0.05) is 0 Å². The molecule has 0 radical (unpaired) electrons. The number of benzene rings is 1. The first kappa shape index (κ1) is 18.2. The minimum Gasteiger partial charge on any atom is -0.204 e. The zero-order chi connectivity index (χ0) is 16.5. The average molecular weight is 320 g/mol. The molecule has 0 aromatic heterocycles. The molecule has 1 aliphatic rings. The first-order valence-corrected chi connectivity index (χ1v) is 9.30. The van der Waals surface area contributed by atoms with Crippen LogP contribution in [0.2, 0.25) is 0 Å². The van der Waals surface area contributed by atoms with Crippen molar-refractivity contribution in [3.8, 4) is 0 Å². The molecule has 0 N–H and O–H groups in total. The maximum absolute atomic E-state index is 13.1. The minimum absolute atomic E-state index is 0.739. The molecular formula is C21H30F2. The van der Waals surface area contributed by atoms with Crippen molar-refractivity contribution in [2.24, 2.45) is 11.8 Å². The van der Waals surface area contributed by atoms with E-state index in [0.717, 1.165) is 23.8 Å². The second-order valence-corrected chi connectivity index (χ2v) is 7.04. The average Bonchev–Trinajstić information content (AvgIpc) is 2.56. The molecule has 23 heavy (non-hydrogen) atoms. The van der Waals surface area contributed by atoms with Gasteiger partial charge in [-0.2, -0.15) is 0 Å². The Balaban J connectivity index is 1.63. The van der Waals surface area contributed by atoms with Gasteiger partial charge in [0.15, 0.2) is 11.6 Å². The van der Waals surface area contributed by atoms with Gasteiger partial charge in [-0.25, -0.2) is 8.78 Å².